The predicted octanol–water partition coefficient (Wildman–Crippen LogP) is 4.12. The number of nitrogens with one attached hydrogen (secondary N) is 1. The Morgan fingerprint density at radius 3 is 2.83 bits per heavy atom. The highest BCUT2D eigenvalue weighted by molar-refractivity contribution is 7.13. The summed E-state index contributed by atoms with van der Waals surface area (Å²) in [5, 5.41) is 5.88. The van der Waals surface area contributed by atoms with Gasteiger partial charge in [-0.15, -0.1) is 11.3 Å². The number of amides is 1. The van der Waals surface area contributed by atoms with Crippen LogP contribution in [0.2, 0.25) is 0 Å². The number of thiazole rings is 1. The molecule has 1 aromatic heterocycles. The van der Waals surface area contributed by atoms with E-state index in [0.29, 0.717) is 5.75 Å². The zero-order valence-electron chi connectivity index (χ0n) is 12.5. The Labute approximate surface area is 137 Å². The molecule has 0 saturated carbocycles. The summed E-state index contributed by atoms with van der Waals surface area (Å²) in [5.74, 6) is 0.579. The first-order valence-electron chi connectivity index (χ1n) is 7.30. The first-order valence-corrected chi connectivity index (χ1v) is 8.18. The third-order valence-corrected chi connectivity index (χ3v) is 4.67. The minimum Gasteiger partial charge on any atom is -0.481 e. The monoisotopic (exact) mass is 322 g/mol. The molecule has 0 bridgehead atoms. The number of hydrogen-bond donors (Lipinski definition) is 1. The fraction of sp³-hybridized carbons (Fsp3) is 0.111. The SMILES string of the molecule is Cc1ccc(-c2csc(-c3ccccc3)n2)c2c1NC(=O)CO2. The van der Waals surface area contributed by atoms with Crippen molar-refractivity contribution < 1.29 is 9.53 Å². The average Bonchev–Trinajstić information content (AvgIpc) is 3.06. The molecule has 2 aromatic carbocycles. The van der Waals surface area contributed by atoms with Crippen LogP contribution in [0, 0.1) is 6.92 Å². The lowest BCUT2D eigenvalue weighted by atomic mass is 10.0. The molecule has 23 heavy (non-hydrogen) atoms. The van der Waals surface area contributed by atoms with E-state index in [1.165, 1.54) is 0 Å². The van der Waals surface area contributed by atoms with Crippen LogP contribution in [0.3, 0.4) is 0 Å². The van der Waals surface area contributed by atoms with Crippen molar-refractivity contribution in [3.63, 3.8) is 0 Å². The van der Waals surface area contributed by atoms with Crippen LogP contribution in [-0.4, -0.2) is 17.5 Å². The molecule has 1 aliphatic heterocycles. The molecular formula is C18H14N2O2S. The van der Waals surface area contributed by atoms with Gasteiger partial charge in [0.2, 0.25) is 0 Å². The highest BCUT2D eigenvalue weighted by Crippen LogP contribution is 2.41. The molecule has 1 amide bonds. The van der Waals surface area contributed by atoms with Crippen molar-refractivity contribution in [2.24, 2.45) is 0 Å². The largest absolute Gasteiger partial charge is 0.481 e. The molecule has 4 nitrogen and oxygen atoms in total. The molecular weight excluding hydrogens is 308 g/mol. The fourth-order valence-electron chi connectivity index (χ4n) is 2.61. The van der Waals surface area contributed by atoms with E-state index in [1.54, 1.807) is 11.3 Å². The van der Waals surface area contributed by atoms with Crippen LogP contribution in [0.1, 0.15) is 5.56 Å². The van der Waals surface area contributed by atoms with Crippen molar-refractivity contribution in [3.05, 3.63) is 53.4 Å². The molecule has 2 heterocycles. The summed E-state index contributed by atoms with van der Waals surface area (Å²) in [5.41, 5.74) is 4.59. The van der Waals surface area contributed by atoms with Crippen molar-refractivity contribution in [2.75, 3.05) is 11.9 Å². The average molecular weight is 322 g/mol. The second-order valence-electron chi connectivity index (χ2n) is 5.37. The van der Waals surface area contributed by atoms with Gasteiger partial charge >= 0.3 is 0 Å². The minimum atomic E-state index is -0.124. The van der Waals surface area contributed by atoms with E-state index in [-0.39, 0.29) is 12.5 Å². The van der Waals surface area contributed by atoms with Gasteiger partial charge in [-0.1, -0.05) is 36.4 Å². The van der Waals surface area contributed by atoms with Crippen molar-refractivity contribution in [2.45, 2.75) is 6.92 Å². The Bertz CT molecular complexity index is 887. The van der Waals surface area contributed by atoms with Crippen LogP contribution in [0.4, 0.5) is 5.69 Å². The zero-order chi connectivity index (χ0) is 15.8. The smallest absolute Gasteiger partial charge is 0.262 e. The summed E-state index contributed by atoms with van der Waals surface area (Å²) in [7, 11) is 0. The molecule has 0 fully saturated rings. The predicted molar refractivity (Wildman–Crippen MR) is 91.8 cm³/mol. The van der Waals surface area contributed by atoms with Gasteiger partial charge in [-0.3, -0.25) is 4.79 Å². The van der Waals surface area contributed by atoms with Crippen LogP contribution >= 0.6 is 11.3 Å². The molecule has 1 aliphatic rings. The molecule has 1 N–H and O–H groups in total. The molecule has 0 saturated heterocycles. The number of ether oxygens (including phenoxy) is 1. The van der Waals surface area contributed by atoms with Gasteiger partial charge < -0.3 is 10.1 Å². The van der Waals surface area contributed by atoms with E-state index in [0.717, 1.165) is 33.1 Å². The summed E-state index contributed by atoms with van der Waals surface area (Å²) in [6.45, 7) is 1.99. The number of nitrogens with zero attached hydrogens (tertiary/aromatic N) is 1. The molecule has 0 unspecified atom stereocenters. The Morgan fingerprint density at radius 2 is 2.00 bits per heavy atom. The van der Waals surface area contributed by atoms with Gasteiger partial charge in [0.05, 0.1) is 11.4 Å². The minimum absolute atomic E-state index is 0.0408. The number of benzene rings is 2. The van der Waals surface area contributed by atoms with Gasteiger partial charge in [-0.25, -0.2) is 4.98 Å². The van der Waals surface area contributed by atoms with Crippen LogP contribution in [-0.2, 0) is 4.79 Å². The molecule has 3 aromatic rings. The first-order chi connectivity index (χ1) is 11.2. The number of carbonyl (C=O) groups is 1. The number of carbonyl (C=O) groups excluding carboxylic acids is 1. The molecule has 114 valence electrons. The van der Waals surface area contributed by atoms with Gasteiger partial charge in [-0.05, 0) is 18.6 Å². The van der Waals surface area contributed by atoms with E-state index in [4.69, 9.17) is 9.72 Å². The van der Waals surface area contributed by atoms with Crippen LogP contribution in [0.5, 0.6) is 5.75 Å². The summed E-state index contributed by atoms with van der Waals surface area (Å²) in [6, 6.07) is 14.1. The maximum atomic E-state index is 11.6. The van der Waals surface area contributed by atoms with E-state index in [1.807, 2.05) is 54.8 Å². The Hall–Kier alpha value is -2.66. The van der Waals surface area contributed by atoms with Crippen molar-refractivity contribution in [1.29, 1.82) is 0 Å². The van der Waals surface area contributed by atoms with Gasteiger partial charge in [-0.2, -0.15) is 0 Å². The summed E-state index contributed by atoms with van der Waals surface area (Å²) in [6.07, 6.45) is 0. The van der Waals surface area contributed by atoms with Crippen LogP contribution in [0.25, 0.3) is 21.8 Å². The molecule has 0 aliphatic carbocycles. The standard InChI is InChI=1S/C18H14N2O2S/c1-11-7-8-13(17-16(11)20-15(21)9-22-17)14-10-23-18(19-14)12-5-3-2-4-6-12/h2-8,10H,9H2,1H3,(H,20,21). The van der Waals surface area contributed by atoms with Gasteiger partial charge in [0.1, 0.15) is 5.01 Å². The molecule has 0 spiro atoms. The third kappa shape index (κ3) is 2.49. The molecule has 0 atom stereocenters. The summed E-state index contributed by atoms with van der Waals surface area (Å²) >= 11 is 1.60. The number of aromatic nitrogens is 1. The number of rotatable bonds is 2. The Morgan fingerprint density at radius 1 is 1.17 bits per heavy atom. The van der Waals surface area contributed by atoms with Crippen molar-refractivity contribution >= 4 is 22.9 Å². The van der Waals surface area contributed by atoms with Gasteiger partial charge in [0, 0.05) is 16.5 Å². The maximum absolute atomic E-state index is 11.6. The van der Waals surface area contributed by atoms with Crippen LogP contribution in [0.15, 0.2) is 47.8 Å². The number of anilines is 1. The fourth-order valence-corrected chi connectivity index (χ4v) is 3.44. The van der Waals surface area contributed by atoms with E-state index >= 15 is 0 Å². The first kappa shape index (κ1) is 14.0. The van der Waals surface area contributed by atoms with E-state index in [2.05, 4.69) is 5.32 Å². The second kappa shape index (κ2) is 5.52. The highest BCUT2D eigenvalue weighted by atomic mass is 32.1. The lowest BCUT2D eigenvalue weighted by Crippen LogP contribution is -2.26. The molecule has 0 radical (unpaired) electrons. The highest BCUT2D eigenvalue weighted by Gasteiger charge is 2.23. The normalized spacial score (nSPS) is 13.2. The quantitative estimate of drug-likeness (QED) is 0.772. The summed E-state index contributed by atoms with van der Waals surface area (Å²) in [4.78, 5) is 16.3. The molecule has 5 heteroatoms. The Kier molecular flexibility index (Phi) is 3.35. The topological polar surface area (TPSA) is 51.2 Å². The molecule has 4 rings (SSSR count). The number of aryl methyl sites for hydroxylation is 1. The lowest BCUT2D eigenvalue weighted by molar-refractivity contribution is -0.118. The van der Waals surface area contributed by atoms with Gasteiger partial charge in [0.25, 0.3) is 5.91 Å². The Balaban J connectivity index is 1.79. The van der Waals surface area contributed by atoms with Crippen LogP contribution < -0.4 is 10.1 Å². The number of fused-ring (bicyclic) bond motifs is 1. The van der Waals surface area contributed by atoms with Crippen molar-refractivity contribution in [1.82, 2.24) is 4.98 Å². The maximum Gasteiger partial charge on any atom is 0.262 e. The summed E-state index contributed by atoms with van der Waals surface area (Å²) < 4.78 is 5.67. The van der Waals surface area contributed by atoms with Gasteiger partial charge in [0.15, 0.2) is 12.4 Å². The number of hydrogen-bond acceptors (Lipinski definition) is 4. The van der Waals surface area contributed by atoms with E-state index < -0.39 is 0 Å². The second-order valence-corrected chi connectivity index (χ2v) is 6.23. The van der Waals surface area contributed by atoms with Crippen molar-refractivity contribution in [3.8, 4) is 27.6 Å². The lowest BCUT2D eigenvalue weighted by Gasteiger charge is -2.22. The zero-order valence-corrected chi connectivity index (χ0v) is 13.3. The third-order valence-electron chi connectivity index (χ3n) is 3.78. The van der Waals surface area contributed by atoms with E-state index in [9.17, 15) is 4.79 Å².